The van der Waals surface area contributed by atoms with E-state index in [0.717, 1.165) is 6.07 Å². The number of nitrogens with one attached hydrogen (secondary N) is 1. The van der Waals surface area contributed by atoms with Crippen molar-refractivity contribution in [3.8, 4) is 0 Å². The number of carbonyl (C=O) groups is 2. The van der Waals surface area contributed by atoms with Gasteiger partial charge in [-0.2, -0.15) is 13.2 Å². The van der Waals surface area contributed by atoms with Gasteiger partial charge in [-0.05, 0) is 18.2 Å². The molecule has 1 aromatic carbocycles. The highest BCUT2D eigenvalue weighted by molar-refractivity contribution is 6.66. The summed E-state index contributed by atoms with van der Waals surface area (Å²) in [6, 6.07) is 2.18. The Hall–Kier alpha value is -0.280. The summed E-state index contributed by atoms with van der Waals surface area (Å²) in [4.78, 5) is 20.4. The van der Waals surface area contributed by atoms with Crippen molar-refractivity contribution < 1.29 is 27.9 Å². The largest absolute Gasteiger partial charge is 0.481 e. The van der Waals surface area contributed by atoms with Crippen molar-refractivity contribution in [2.45, 2.75) is 20.3 Å². The predicted octanol–water partition coefficient (Wildman–Crippen LogP) is 6.46. The molecule has 164 valence electrons. The summed E-state index contributed by atoms with van der Waals surface area (Å²) in [5, 5.41) is 10.7. The van der Waals surface area contributed by atoms with Gasteiger partial charge in [-0.1, -0.05) is 58.0 Å². The summed E-state index contributed by atoms with van der Waals surface area (Å²) < 4.78 is 36.6. The Morgan fingerprint density at radius 2 is 1.47 bits per heavy atom. The summed E-state index contributed by atoms with van der Waals surface area (Å²) in [5.41, 5.74) is -1.56. The number of rotatable bonds is 3. The van der Waals surface area contributed by atoms with Crippen LogP contribution in [-0.2, 0) is 15.8 Å². The normalized spacial score (nSPS) is 32.5. The minimum Gasteiger partial charge on any atom is -0.481 e. The molecule has 4 atom stereocenters. The highest BCUT2D eigenvalue weighted by atomic mass is 35.5. The number of benzene rings is 1. The number of fused-ring (bicyclic) bond motifs is 2. The van der Waals surface area contributed by atoms with Gasteiger partial charge in [0.05, 0.1) is 38.2 Å². The van der Waals surface area contributed by atoms with Gasteiger partial charge in [0.15, 0.2) is 4.33 Å². The molecule has 1 amide bonds. The van der Waals surface area contributed by atoms with Gasteiger partial charge in [0, 0.05) is 0 Å². The standard InChI is InChI=1S/C16H7Cl7F3NO3/c17-5-2-1-4(15(24,25)26)3-6(5)27-11(28)7-8(12(29)30)14(21)10(19)9(18)13(7,20)16(14,22)23/h1-3,7-8H,(H,27,28)(H,29,30)/t7-,8+,13+,14+/m1/s1. The van der Waals surface area contributed by atoms with E-state index in [2.05, 4.69) is 5.32 Å². The van der Waals surface area contributed by atoms with Crippen LogP contribution in [-0.4, -0.2) is 31.1 Å². The highest BCUT2D eigenvalue weighted by Crippen LogP contribution is 2.76. The summed E-state index contributed by atoms with van der Waals surface area (Å²) in [6.45, 7) is 0. The molecule has 0 aromatic heterocycles. The summed E-state index contributed by atoms with van der Waals surface area (Å²) >= 11 is 43.5. The summed E-state index contributed by atoms with van der Waals surface area (Å²) in [5.74, 6) is -6.49. The number of amides is 1. The second-order valence-corrected chi connectivity index (χ2v) is 10.3. The van der Waals surface area contributed by atoms with Crippen molar-refractivity contribution >= 4 is 98.8 Å². The van der Waals surface area contributed by atoms with Crippen LogP contribution in [0, 0.1) is 11.8 Å². The number of carboxylic acid groups (broad SMARTS) is 1. The Bertz CT molecular complexity index is 999. The number of carboxylic acids is 1. The molecule has 4 nitrogen and oxygen atoms in total. The molecule has 0 unspecified atom stereocenters. The van der Waals surface area contributed by atoms with Gasteiger partial charge < -0.3 is 10.4 Å². The van der Waals surface area contributed by atoms with Crippen molar-refractivity contribution in [2.75, 3.05) is 5.32 Å². The van der Waals surface area contributed by atoms with Crippen LogP contribution in [0.1, 0.15) is 5.56 Å². The van der Waals surface area contributed by atoms with Crippen molar-refractivity contribution in [3.05, 3.63) is 38.8 Å². The third-order valence-electron chi connectivity index (χ3n) is 5.04. The average Bonchev–Trinajstić information content (AvgIpc) is 2.82. The minimum atomic E-state index is -4.73. The molecule has 0 saturated heterocycles. The summed E-state index contributed by atoms with van der Waals surface area (Å²) in [7, 11) is 0. The van der Waals surface area contributed by atoms with E-state index in [1.165, 1.54) is 0 Å². The number of aliphatic carboxylic acids is 1. The molecule has 1 fully saturated rings. The van der Waals surface area contributed by atoms with Crippen LogP contribution in [0.25, 0.3) is 0 Å². The van der Waals surface area contributed by atoms with Gasteiger partial charge in [0.2, 0.25) is 5.91 Å². The number of anilines is 1. The quantitative estimate of drug-likeness (QED) is 0.413. The Labute approximate surface area is 202 Å². The van der Waals surface area contributed by atoms with E-state index >= 15 is 0 Å². The lowest BCUT2D eigenvalue weighted by atomic mass is 9.81. The van der Waals surface area contributed by atoms with E-state index in [-0.39, 0.29) is 5.02 Å². The van der Waals surface area contributed by atoms with Gasteiger partial charge in [0.25, 0.3) is 0 Å². The first kappa shape index (κ1) is 24.4. The van der Waals surface area contributed by atoms with E-state index in [4.69, 9.17) is 81.2 Å². The monoisotopic (exact) mass is 563 g/mol. The number of allylic oxidation sites excluding steroid dienone is 2. The fourth-order valence-electron chi connectivity index (χ4n) is 3.64. The maximum absolute atomic E-state index is 13.0. The first-order chi connectivity index (χ1) is 13.5. The number of hydrogen-bond donors (Lipinski definition) is 2. The van der Waals surface area contributed by atoms with Crippen molar-refractivity contribution in [1.82, 2.24) is 0 Å². The second kappa shape index (κ2) is 7.37. The van der Waals surface area contributed by atoms with Crippen LogP contribution >= 0.6 is 81.2 Å². The lowest BCUT2D eigenvalue weighted by Gasteiger charge is -2.33. The molecule has 30 heavy (non-hydrogen) atoms. The third-order valence-corrected chi connectivity index (χ3v) is 9.62. The number of alkyl halides is 7. The Morgan fingerprint density at radius 1 is 0.967 bits per heavy atom. The maximum atomic E-state index is 13.0. The van der Waals surface area contributed by atoms with E-state index in [1.54, 1.807) is 0 Å². The van der Waals surface area contributed by atoms with Crippen LogP contribution in [0.2, 0.25) is 5.02 Å². The summed E-state index contributed by atoms with van der Waals surface area (Å²) in [6.07, 6.45) is -4.73. The Kier molecular flexibility index (Phi) is 5.99. The van der Waals surface area contributed by atoms with E-state index in [1.807, 2.05) is 0 Å². The van der Waals surface area contributed by atoms with Crippen LogP contribution < -0.4 is 5.32 Å². The third kappa shape index (κ3) is 3.04. The molecule has 0 spiro atoms. The average molecular weight is 566 g/mol. The molecule has 3 rings (SSSR count). The smallest absolute Gasteiger partial charge is 0.416 e. The molecule has 0 radical (unpaired) electrons. The van der Waals surface area contributed by atoms with Crippen molar-refractivity contribution in [1.29, 1.82) is 0 Å². The second-order valence-electron chi connectivity index (χ2n) is 6.60. The van der Waals surface area contributed by atoms with Crippen LogP contribution in [0.4, 0.5) is 18.9 Å². The zero-order chi connectivity index (χ0) is 23.0. The predicted molar refractivity (Wildman–Crippen MR) is 110 cm³/mol. The van der Waals surface area contributed by atoms with Gasteiger partial charge in [-0.3, -0.25) is 9.59 Å². The molecule has 1 aromatic rings. The van der Waals surface area contributed by atoms with E-state index in [9.17, 15) is 27.9 Å². The Morgan fingerprint density at radius 3 is 1.93 bits per heavy atom. The van der Waals surface area contributed by atoms with E-state index in [0.29, 0.717) is 12.1 Å². The molecule has 1 saturated carbocycles. The zero-order valence-corrected chi connectivity index (χ0v) is 19.2. The fourth-order valence-corrected chi connectivity index (χ4v) is 6.74. The van der Waals surface area contributed by atoms with Crippen molar-refractivity contribution in [3.63, 3.8) is 0 Å². The van der Waals surface area contributed by atoms with Crippen LogP contribution in [0.5, 0.6) is 0 Å². The SMILES string of the molecule is O=C(O)[C@@H]1[C@H](C(=O)Nc2cc(C(F)(F)F)ccc2Cl)[C@]2(Cl)C(Cl)=C(Cl)[C@]1(Cl)C2(Cl)Cl. The first-order valence-electron chi connectivity index (χ1n) is 7.75. The molecule has 14 heteroatoms. The molecule has 2 aliphatic carbocycles. The number of hydrogen-bond acceptors (Lipinski definition) is 2. The maximum Gasteiger partial charge on any atom is 0.416 e. The molecule has 2 N–H and O–H groups in total. The molecule has 2 bridgehead atoms. The number of halogens is 10. The number of carbonyl (C=O) groups excluding carboxylic acids is 1. The molecule has 0 heterocycles. The zero-order valence-electron chi connectivity index (χ0n) is 13.9. The first-order valence-corrected chi connectivity index (χ1v) is 10.4. The molecular weight excluding hydrogens is 559 g/mol. The van der Waals surface area contributed by atoms with E-state index < -0.39 is 65.3 Å². The van der Waals surface area contributed by atoms with Crippen molar-refractivity contribution in [2.24, 2.45) is 11.8 Å². The van der Waals surface area contributed by atoms with Gasteiger partial charge in [-0.25, -0.2) is 0 Å². The lowest BCUT2D eigenvalue weighted by Crippen LogP contribution is -2.47. The minimum absolute atomic E-state index is 0.252. The van der Waals surface area contributed by atoms with Gasteiger partial charge in [0.1, 0.15) is 9.75 Å². The Balaban J connectivity index is 2.10. The fraction of sp³-hybridized carbons (Fsp3) is 0.375. The van der Waals surface area contributed by atoms with Crippen LogP contribution in [0.3, 0.4) is 0 Å². The van der Waals surface area contributed by atoms with Crippen LogP contribution in [0.15, 0.2) is 28.3 Å². The van der Waals surface area contributed by atoms with Gasteiger partial charge in [-0.15, -0.1) is 23.2 Å². The molecule has 2 aliphatic rings. The molecular formula is C16H7Cl7F3NO3. The van der Waals surface area contributed by atoms with Gasteiger partial charge >= 0.3 is 12.1 Å². The molecule has 0 aliphatic heterocycles. The highest BCUT2D eigenvalue weighted by Gasteiger charge is 2.85. The lowest BCUT2D eigenvalue weighted by molar-refractivity contribution is -0.146. The topological polar surface area (TPSA) is 66.4 Å².